The SMILES string of the molecule is CN(C)C(=O)CN=C(NCC1CCCCO1)N1CCCC(C2(C)OCCO2)C1. The number of aliphatic imine (C=N–C) groups is 1. The number of carbonyl (C=O) groups is 1. The number of hydrogen-bond acceptors (Lipinski definition) is 5. The van der Waals surface area contributed by atoms with Gasteiger partial charge in [-0.05, 0) is 39.0 Å². The third-order valence-electron chi connectivity index (χ3n) is 5.95. The number of rotatable bonds is 5. The van der Waals surface area contributed by atoms with Gasteiger partial charge in [0.15, 0.2) is 11.7 Å². The second-order valence-electron chi connectivity index (χ2n) is 8.30. The molecule has 0 aromatic carbocycles. The van der Waals surface area contributed by atoms with Gasteiger partial charge in [0.25, 0.3) is 0 Å². The Hall–Kier alpha value is -1.38. The zero-order chi connectivity index (χ0) is 20.0. The fraction of sp³-hybridized carbons (Fsp3) is 0.900. The lowest BCUT2D eigenvalue weighted by atomic mass is 9.90. The summed E-state index contributed by atoms with van der Waals surface area (Å²) in [6.07, 6.45) is 5.75. The maximum absolute atomic E-state index is 12.1. The summed E-state index contributed by atoms with van der Waals surface area (Å²) in [4.78, 5) is 20.5. The van der Waals surface area contributed by atoms with Crippen LogP contribution in [0.2, 0.25) is 0 Å². The van der Waals surface area contributed by atoms with Crippen LogP contribution in [0, 0.1) is 5.92 Å². The van der Waals surface area contributed by atoms with Crippen LogP contribution in [-0.2, 0) is 19.0 Å². The van der Waals surface area contributed by atoms with Gasteiger partial charge in [0.2, 0.25) is 5.91 Å². The van der Waals surface area contributed by atoms with E-state index in [4.69, 9.17) is 14.2 Å². The van der Waals surface area contributed by atoms with Gasteiger partial charge in [-0.25, -0.2) is 4.99 Å². The first-order valence-corrected chi connectivity index (χ1v) is 10.6. The molecule has 2 unspecified atom stereocenters. The van der Waals surface area contributed by atoms with Crippen molar-refractivity contribution in [3.63, 3.8) is 0 Å². The molecule has 0 aromatic heterocycles. The Morgan fingerprint density at radius 1 is 1.18 bits per heavy atom. The van der Waals surface area contributed by atoms with Gasteiger partial charge < -0.3 is 29.3 Å². The summed E-state index contributed by atoms with van der Waals surface area (Å²) in [5, 5.41) is 3.48. The van der Waals surface area contributed by atoms with Crippen molar-refractivity contribution in [1.82, 2.24) is 15.1 Å². The number of hydrogen-bond donors (Lipinski definition) is 1. The molecule has 0 aliphatic carbocycles. The van der Waals surface area contributed by atoms with Crippen molar-refractivity contribution in [3.05, 3.63) is 0 Å². The molecule has 0 aromatic rings. The first kappa shape index (κ1) is 21.3. The molecule has 8 heteroatoms. The standard InChI is InChI=1S/C20H36N4O4/c1-20(27-11-12-28-20)16-7-6-9-24(15-16)19(22-14-18(25)23(2)3)21-13-17-8-4-5-10-26-17/h16-17H,4-15H2,1-3H3,(H,21,22). The van der Waals surface area contributed by atoms with Crippen LogP contribution in [0.3, 0.4) is 0 Å². The summed E-state index contributed by atoms with van der Waals surface area (Å²) in [6.45, 7) is 6.78. The lowest BCUT2D eigenvalue weighted by molar-refractivity contribution is -0.189. The molecule has 3 aliphatic heterocycles. The van der Waals surface area contributed by atoms with E-state index in [-0.39, 0.29) is 24.5 Å². The van der Waals surface area contributed by atoms with Crippen LogP contribution in [0.25, 0.3) is 0 Å². The minimum absolute atomic E-state index is 0.00352. The van der Waals surface area contributed by atoms with E-state index < -0.39 is 5.79 Å². The molecule has 1 amide bonds. The minimum Gasteiger partial charge on any atom is -0.376 e. The molecule has 3 heterocycles. The van der Waals surface area contributed by atoms with Crippen LogP contribution in [-0.4, -0.2) is 93.7 Å². The zero-order valence-corrected chi connectivity index (χ0v) is 17.6. The summed E-state index contributed by atoms with van der Waals surface area (Å²) in [6, 6.07) is 0. The van der Waals surface area contributed by atoms with Gasteiger partial charge in [-0.3, -0.25) is 4.79 Å². The molecule has 0 spiro atoms. The predicted octanol–water partition coefficient (Wildman–Crippen LogP) is 1.06. The molecule has 0 saturated carbocycles. The highest BCUT2D eigenvalue weighted by atomic mass is 16.7. The third-order valence-corrected chi connectivity index (χ3v) is 5.95. The van der Waals surface area contributed by atoms with Crippen molar-refractivity contribution < 1.29 is 19.0 Å². The zero-order valence-electron chi connectivity index (χ0n) is 17.6. The number of carbonyl (C=O) groups excluding carboxylic acids is 1. The van der Waals surface area contributed by atoms with Crippen LogP contribution in [0.4, 0.5) is 0 Å². The molecule has 3 rings (SSSR count). The molecule has 28 heavy (non-hydrogen) atoms. The Morgan fingerprint density at radius 3 is 2.64 bits per heavy atom. The first-order chi connectivity index (χ1) is 13.5. The number of piperidine rings is 1. The Bertz CT molecular complexity index is 542. The van der Waals surface area contributed by atoms with Crippen molar-refractivity contribution in [3.8, 4) is 0 Å². The van der Waals surface area contributed by atoms with Gasteiger partial charge >= 0.3 is 0 Å². The van der Waals surface area contributed by atoms with Gasteiger partial charge in [0, 0.05) is 46.3 Å². The van der Waals surface area contributed by atoms with Gasteiger partial charge in [-0.2, -0.15) is 0 Å². The summed E-state index contributed by atoms with van der Waals surface area (Å²) >= 11 is 0. The number of likely N-dealkylation sites (N-methyl/N-ethyl adjacent to an activating group) is 1. The summed E-state index contributed by atoms with van der Waals surface area (Å²) in [5.41, 5.74) is 0. The predicted molar refractivity (Wildman–Crippen MR) is 107 cm³/mol. The molecule has 3 fully saturated rings. The Balaban J connectivity index is 1.65. The van der Waals surface area contributed by atoms with E-state index in [1.165, 1.54) is 6.42 Å². The van der Waals surface area contributed by atoms with Gasteiger partial charge in [0.1, 0.15) is 6.54 Å². The smallest absolute Gasteiger partial charge is 0.243 e. The molecule has 0 radical (unpaired) electrons. The van der Waals surface area contributed by atoms with Gasteiger partial charge in [-0.1, -0.05) is 0 Å². The van der Waals surface area contributed by atoms with Crippen molar-refractivity contribution >= 4 is 11.9 Å². The molecule has 3 aliphatic rings. The normalized spacial score (nSPS) is 28.2. The highest BCUT2D eigenvalue weighted by Crippen LogP contribution is 2.34. The highest BCUT2D eigenvalue weighted by molar-refractivity contribution is 5.85. The van der Waals surface area contributed by atoms with Crippen molar-refractivity contribution in [2.24, 2.45) is 10.9 Å². The van der Waals surface area contributed by atoms with E-state index in [1.54, 1.807) is 19.0 Å². The second-order valence-corrected chi connectivity index (χ2v) is 8.30. The topological polar surface area (TPSA) is 75.6 Å². The van der Waals surface area contributed by atoms with E-state index in [1.807, 2.05) is 6.92 Å². The molecule has 160 valence electrons. The first-order valence-electron chi connectivity index (χ1n) is 10.6. The number of nitrogens with one attached hydrogen (secondary N) is 1. The van der Waals surface area contributed by atoms with E-state index in [2.05, 4.69) is 15.2 Å². The average Bonchev–Trinajstić information content (AvgIpc) is 3.16. The van der Waals surface area contributed by atoms with Crippen LogP contribution in [0.15, 0.2) is 4.99 Å². The highest BCUT2D eigenvalue weighted by Gasteiger charge is 2.42. The third kappa shape index (κ3) is 5.58. The fourth-order valence-corrected chi connectivity index (χ4v) is 4.09. The number of ether oxygens (including phenoxy) is 3. The summed E-state index contributed by atoms with van der Waals surface area (Å²) in [7, 11) is 3.51. The quantitative estimate of drug-likeness (QED) is 0.553. The Kier molecular flexibility index (Phi) is 7.54. The monoisotopic (exact) mass is 396 g/mol. The molecule has 8 nitrogen and oxygen atoms in total. The van der Waals surface area contributed by atoms with E-state index in [0.717, 1.165) is 57.9 Å². The fourth-order valence-electron chi connectivity index (χ4n) is 4.09. The number of likely N-dealkylation sites (tertiary alicyclic amines) is 1. The molecule has 2 atom stereocenters. The number of amides is 1. The van der Waals surface area contributed by atoms with E-state index in [9.17, 15) is 4.79 Å². The van der Waals surface area contributed by atoms with Crippen molar-refractivity contribution in [2.75, 3.05) is 60.1 Å². The second kappa shape index (κ2) is 9.89. The number of nitrogens with zero attached hydrogens (tertiary/aromatic N) is 3. The van der Waals surface area contributed by atoms with Crippen LogP contribution < -0.4 is 5.32 Å². The van der Waals surface area contributed by atoms with Crippen molar-refractivity contribution in [2.45, 2.75) is 50.9 Å². The molecular weight excluding hydrogens is 360 g/mol. The minimum atomic E-state index is -0.518. The largest absolute Gasteiger partial charge is 0.376 e. The van der Waals surface area contributed by atoms with Crippen molar-refractivity contribution in [1.29, 1.82) is 0 Å². The van der Waals surface area contributed by atoms with Gasteiger partial charge in [0.05, 0.1) is 19.3 Å². The van der Waals surface area contributed by atoms with Gasteiger partial charge in [-0.15, -0.1) is 0 Å². The molecular formula is C20H36N4O4. The number of guanidine groups is 1. The molecule has 0 bridgehead atoms. The van der Waals surface area contributed by atoms with E-state index >= 15 is 0 Å². The average molecular weight is 397 g/mol. The lowest BCUT2D eigenvalue weighted by Crippen LogP contribution is -2.53. The summed E-state index contributed by atoms with van der Waals surface area (Å²) in [5.74, 6) is 0.550. The summed E-state index contributed by atoms with van der Waals surface area (Å²) < 4.78 is 17.7. The van der Waals surface area contributed by atoms with Crippen LogP contribution >= 0.6 is 0 Å². The maximum atomic E-state index is 12.1. The van der Waals surface area contributed by atoms with Crippen LogP contribution in [0.1, 0.15) is 39.0 Å². The van der Waals surface area contributed by atoms with E-state index in [0.29, 0.717) is 13.2 Å². The Labute approximate surface area is 168 Å². The maximum Gasteiger partial charge on any atom is 0.243 e. The molecule has 1 N–H and O–H groups in total. The Morgan fingerprint density at radius 2 is 1.96 bits per heavy atom. The molecule has 3 saturated heterocycles. The lowest BCUT2D eigenvalue weighted by Gasteiger charge is -2.41. The van der Waals surface area contributed by atoms with Crippen LogP contribution in [0.5, 0.6) is 0 Å².